The molecule has 0 atom stereocenters. The lowest BCUT2D eigenvalue weighted by Gasteiger charge is -2.44. The van der Waals surface area contributed by atoms with Crippen molar-refractivity contribution >= 4 is 12.2 Å². The lowest BCUT2D eigenvalue weighted by molar-refractivity contribution is -0.115. The van der Waals surface area contributed by atoms with Crippen LogP contribution in [-0.4, -0.2) is 48.6 Å². The molecule has 1 aliphatic rings. The van der Waals surface area contributed by atoms with Crippen molar-refractivity contribution in [1.82, 2.24) is 4.90 Å². The zero-order valence-electron chi connectivity index (χ0n) is 9.94. The van der Waals surface area contributed by atoms with Gasteiger partial charge in [0.15, 0.2) is 0 Å². The van der Waals surface area contributed by atoms with E-state index in [2.05, 4.69) is 4.99 Å². The van der Waals surface area contributed by atoms with Gasteiger partial charge in [0.05, 0.1) is 13.1 Å². The number of methoxy groups -OCH3 is 1. The van der Waals surface area contributed by atoms with E-state index in [4.69, 9.17) is 9.47 Å². The predicted molar refractivity (Wildman–Crippen MR) is 55.7 cm³/mol. The number of amides is 1. The van der Waals surface area contributed by atoms with Crippen molar-refractivity contribution in [2.45, 2.75) is 32.1 Å². The highest BCUT2D eigenvalue weighted by molar-refractivity contribution is 5.69. The Morgan fingerprint density at radius 2 is 2.00 bits per heavy atom. The second-order valence-corrected chi connectivity index (χ2v) is 4.69. The average Bonchev–Trinajstić information content (AvgIpc) is 2.07. The van der Waals surface area contributed by atoms with Crippen LogP contribution in [-0.2, 0) is 14.3 Å². The Labute approximate surface area is 94.2 Å². The summed E-state index contributed by atoms with van der Waals surface area (Å²) in [6.45, 7) is 5.80. The Kier molecular flexibility index (Phi) is 3.35. The van der Waals surface area contributed by atoms with Crippen molar-refractivity contribution < 1.29 is 19.1 Å². The smallest absolute Gasteiger partial charge is 0.410 e. The third kappa shape index (κ3) is 2.81. The fourth-order valence-corrected chi connectivity index (χ4v) is 1.33. The van der Waals surface area contributed by atoms with Gasteiger partial charge in [-0.1, -0.05) is 0 Å². The Balaban J connectivity index is 2.52. The van der Waals surface area contributed by atoms with Gasteiger partial charge in [-0.2, -0.15) is 4.99 Å². The van der Waals surface area contributed by atoms with Crippen molar-refractivity contribution in [2.75, 3.05) is 20.2 Å². The van der Waals surface area contributed by atoms with Gasteiger partial charge in [0.25, 0.3) is 0 Å². The van der Waals surface area contributed by atoms with E-state index in [1.807, 2.05) is 0 Å². The van der Waals surface area contributed by atoms with Gasteiger partial charge in [-0.25, -0.2) is 9.59 Å². The largest absolute Gasteiger partial charge is 0.444 e. The Morgan fingerprint density at radius 1 is 1.44 bits per heavy atom. The van der Waals surface area contributed by atoms with Gasteiger partial charge < -0.3 is 9.47 Å². The number of isocyanates is 1. The fraction of sp³-hybridized carbons (Fsp3) is 0.800. The van der Waals surface area contributed by atoms with Gasteiger partial charge in [0.2, 0.25) is 11.8 Å². The molecule has 0 aromatic carbocycles. The highest BCUT2D eigenvalue weighted by atomic mass is 16.6. The van der Waals surface area contributed by atoms with Crippen LogP contribution in [0.4, 0.5) is 4.79 Å². The molecule has 90 valence electrons. The molecular formula is C10H16N2O4. The standard InChI is InChI=1S/C10H16N2O4/c1-9(2,3)16-8(14)12-5-10(6-12,15-4)11-7-13/h5-6H2,1-4H3. The molecular weight excluding hydrogens is 212 g/mol. The second kappa shape index (κ2) is 4.23. The first-order valence-corrected chi connectivity index (χ1v) is 4.94. The Morgan fingerprint density at radius 3 is 2.38 bits per heavy atom. The summed E-state index contributed by atoms with van der Waals surface area (Å²) >= 11 is 0. The number of hydrogen-bond acceptors (Lipinski definition) is 5. The molecule has 1 fully saturated rings. The molecule has 0 aromatic heterocycles. The average molecular weight is 228 g/mol. The number of aliphatic imine (C=N–C) groups is 1. The van der Waals surface area contributed by atoms with Gasteiger partial charge in [-0.05, 0) is 20.8 Å². The summed E-state index contributed by atoms with van der Waals surface area (Å²) in [5.41, 5.74) is -1.46. The van der Waals surface area contributed by atoms with Gasteiger partial charge in [0.1, 0.15) is 5.60 Å². The number of carbonyl (C=O) groups excluding carboxylic acids is 2. The topological polar surface area (TPSA) is 68.2 Å². The summed E-state index contributed by atoms with van der Waals surface area (Å²) in [4.78, 5) is 26.7. The molecule has 6 heteroatoms. The number of likely N-dealkylation sites (tertiary alicyclic amines) is 1. The molecule has 1 aliphatic heterocycles. The fourth-order valence-electron chi connectivity index (χ4n) is 1.33. The first kappa shape index (κ1) is 12.7. The minimum atomic E-state index is -0.932. The summed E-state index contributed by atoms with van der Waals surface area (Å²) in [6, 6.07) is 0. The van der Waals surface area contributed by atoms with Crippen LogP contribution in [0.3, 0.4) is 0 Å². The number of nitrogens with zero attached hydrogens (tertiary/aromatic N) is 2. The summed E-state index contributed by atoms with van der Waals surface area (Å²) in [5, 5.41) is 0. The summed E-state index contributed by atoms with van der Waals surface area (Å²) in [6.07, 6.45) is 1.01. The summed E-state index contributed by atoms with van der Waals surface area (Å²) < 4.78 is 10.2. The zero-order chi connectivity index (χ0) is 12.4. The van der Waals surface area contributed by atoms with E-state index >= 15 is 0 Å². The molecule has 0 radical (unpaired) electrons. The number of carbonyl (C=O) groups is 1. The van der Waals surface area contributed by atoms with E-state index in [1.54, 1.807) is 20.8 Å². The van der Waals surface area contributed by atoms with Crippen LogP contribution in [0, 0.1) is 0 Å². The number of rotatable bonds is 2. The maximum Gasteiger partial charge on any atom is 0.410 e. The summed E-state index contributed by atoms with van der Waals surface area (Å²) in [5.74, 6) is 0. The van der Waals surface area contributed by atoms with Crippen LogP contribution in [0.2, 0.25) is 0 Å². The minimum Gasteiger partial charge on any atom is -0.444 e. The number of hydrogen-bond donors (Lipinski definition) is 0. The molecule has 1 heterocycles. The third-order valence-corrected chi connectivity index (χ3v) is 2.16. The van der Waals surface area contributed by atoms with Crippen molar-refractivity contribution in [3.8, 4) is 0 Å². The van der Waals surface area contributed by atoms with E-state index in [9.17, 15) is 9.59 Å². The molecule has 1 amide bonds. The lowest BCUT2D eigenvalue weighted by atomic mass is 10.1. The van der Waals surface area contributed by atoms with E-state index in [-0.39, 0.29) is 13.1 Å². The molecule has 0 spiro atoms. The first-order chi connectivity index (χ1) is 7.32. The van der Waals surface area contributed by atoms with Crippen LogP contribution < -0.4 is 0 Å². The van der Waals surface area contributed by atoms with Crippen molar-refractivity contribution in [1.29, 1.82) is 0 Å². The van der Waals surface area contributed by atoms with Gasteiger partial charge >= 0.3 is 6.09 Å². The van der Waals surface area contributed by atoms with E-state index < -0.39 is 17.4 Å². The van der Waals surface area contributed by atoms with Crippen LogP contribution >= 0.6 is 0 Å². The first-order valence-electron chi connectivity index (χ1n) is 4.94. The highest BCUT2D eigenvalue weighted by Gasteiger charge is 2.47. The van der Waals surface area contributed by atoms with Crippen LogP contribution in [0.15, 0.2) is 4.99 Å². The van der Waals surface area contributed by atoms with Crippen molar-refractivity contribution in [3.63, 3.8) is 0 Å². The normalized spacial score (nSPS) is 18.4. The minimum absolute atomic E-state index is 0.216. The quantitative estimate of drug-likeness (QED) is 0.520. The Hall–Kier alpha value is -1.39. The van der Waals surface area contributed by atoms with E-state index in [0.29, 0.717) is 0 Å². The van der Waals surface area contributed by atoms with E-state index in [1.165, 1.54) is 18.1 Å². The molecule has 0 aromatic rings. The van der Waals surface area contributed by atoms with Crippen LogP contribution in [0.5, 0.6) is 0 Å². The highest BCUT2D eigenvalue weighted by Crippen LogP contribution is 2.27. The maximum atomic E-state index is 11.6. The molecule has 6 nitrogen and oxygen atoms in total. The van der Waals surface area contributed by atoms with Gasteiger partial charge in [-0.15, -0.1) is 0 Å². The van der Waals surface area contributed by atoms with Gasteiger partial charge in [0, 0.05) is 7.11 Å². The zero-order valence-corrected chi connectivity index (χ0v) is 9.94. The summed E-state index contributed by atoms with van der Waals surface area (Å²) in [7, 11) is 1.44. The molecule has 1 rings (SSSR count). The number of ether oxygens (including phenoxy) is 2. The monoisotopic (exact) mass is 228 g/mol. The maximum absolute atomic E-state index is 11.6. The van der Waals surface area contributed by atoms with Crippen molar-refractivity contribution in [3.05, 3.63) is 0 Å². The molecule has 1 saturated heterocycles. The van der Waals surface area contributed by atoms with Crippen molar-refractivity contribution in [2.24, 2.45) is 4.99 Å². The molecule has 0 unspecified atom stereocenters. The van der Waals surface area contributed by atoms with E-state index in [0.717, 1.165) is 0 Å². The Bertz CT molecular complexity index is 322. The SMILES string of the molecule is COC1(N=C=O)CN(C(=O)OC(C)(C)C)C1. The molecule has 0 bridgehead atoms. The molecule has 0 N–H and O–H groups in total. The lowest BCUT2D eigenvalue weighted by Crippen LogP contribution is -2.63. The predicted octanol–water partition coefficient (Wildman–Crippen LogP) is 0.916. The van der Waals surface area contributed by atoms with Crippen LogP contribution in [0.1, 0.15) is 20.8 Å². The molecule has 0 aliphatic carbocycles. The molecule has 0 saturated carbocycles. The second-order valence-electron chi connectivity index (χ2n) is 4.69. The van der Waals surface area contributed by atoms with Crippen LogP contribution in [0.25, 0.3) is 0 Å². The molecule has 16 heavy (non-hydrogen) atoms. The van der Waals surface area contributed by atoms with Gasteiger partial charge in [-0.3, -0.25) is 4.90 Å². The third-order valence-electron chi connectivity index (χ3n) is 2.16.